The molecule has 1 unspecified atom stereocenters. The maximum Gasteiger partial charge on any atom is 0.235 e. The molecule has 1 aromatic carbocycles. The number of phenols is 1. The van der Waals surface area contributed by atoms with Crippen LogP contribution in [0.3, 0.4) is 0 Å². The van der Waals surface area contributed by atoms with Crippen molar-refractivity contribution in [2.75, 3.05) is 0 Å². The highest BCUT2D eigenvalue weighted by Crippen LogP contribution is 2.40. The number of aliphatic imine (C=N–C) groups is 1. The van der Waals surface area contributed by atoms with Gasteiger partial charge in [0.15, 0.2) is 0 Å². The summed E-state index contributed by atoms with van der Waals surface area (Å²) in [6, 6.07) is 5.18. The van der Waals surface area contributed by atoms with E-state index >= 15 is 0 Å². The zero-order valence-corrected chi connectivity index (χ0v) is 6.32. The van der Waals surface area contributed by atoms with Gasteiger partial charge in [0, 0.05) is 12.0 Å². The lowest BCUT2D eigenvalue weighted by molar-refractivity contribution is 0.451. The first-order chi connectivity index (χ1) is 5.83. The van der Waals surface area contributed by atoms with Crippen LogP contribution in [-0.4, -0.2) is 11.2 Å². The van der Waals surface area contributed by atoms with Crippen LogP contribution in [0.25, 0.3) is 0 Å². The van der Waals surface area contributed by atoms with Crippen molar-refractivity contribution in [1.82, 2.24) is 0 Å². The van der Waals surface area contributed by atoms with E-state index in [2.05, 4.69) is 4.99 Å². The fraction of sp³-hybridized carbons (Fsp3) is 0.222. The van der Waals surface area contributed by atoms with E-state index in [1.165, 1.54) is 6.08 Å². The van der Waals surface area contributed by atoms with Gasteiger partial charge in [-0.05, 0) is 11.6 Å². The molecular formula is C9H7NO2. The zero-order valence-electron chi connectivity index (χ0n) is 6.32. The molecule has 0 amide bonds. The van der Waals surface area contributed by atoms with Crippen molar-refractivity contribution in [2.45, 2.75) is 12.5 Å². The van der Waals surface area contributed by atoms with E-state index in [1.807, 2.05) is 6.07 Å². The molecule has 0 aliphatic heterocycles. The Balaban J connectivity index is 2.42. The molecule has 1 aliphatic carbocycles. The highest BCUT2D eigenvalue weighted by Gasteiger charge is 2.27. The number of carbonyl (C=O) groups excluding carboxylic acids is 1. The van der Waals surface area contributed by atoms with Gasteiger partial charge in [-0.3, -0.25) is 0 Å². The molecule has 1 N–H and O–H groups in total. The quantitative estimate of drug-likeness (QED) is 0.499. The van der Waals surface area contributed by atoms with Crippen LogP contribution in [0.4, 0.5) is 0 Å². The summed E-state index contributed by atoms with van der Waals surface area (Å²) in [5.41, 5.74) is 1.85. The Hall–Kier alpha value is -1.60. The van der Waals surface area contributed by atoms with E-state index in [-0.39, 0.29) is 6.04 Å². The first kappa shape index (κ1) is 7.07. The fourth-order valence-electron chi connectivity index (χ4n) is 1.48. The lowest BCUT2D eigenvalue weighted by Crippen LogP contribution is -2.14. The number of hydrogen-bond acceptors (Lipinski definition) is 3. The molecule has 0 spiro atoms. The van der Waals surface area contributed by atoms with E-state index in [0.717, 1.165) is 11.1 Å². The van der Waals surface area contributed by atoms with Gasteiger partial charge in [0.1, 0.15) is 5.75 Å². The second-order valence-corrected chi connectivity index (χ2v) is 2.79. The summed E-state index contributed by atoms with van der Waals surface area (Å²) >= 11 is 0. The highest BCUT2D eigenvalue weighted by molar-refractivity contribution is 5.50. The van der Waals surface area contributed by atoms with Crippen molar-refractivity contribution in [1.29, 1.82) is 0 Å². The van der Waals surface area contributed by atoms with Gasteiger partial charge in [-0.15, -0.1) is 0 Å². The summed E-state index contributed by atoms with van der Waals surface area (Å²) in [4.78, 5) is 13.5. The Kier molecular flexibility index (Phi) is 1.45. The Morgan fingerprint density at radius 1 is 1.58 bits per heavy atom. The molecule has 1 aromatic rings. The first-order valence-corrected chi connectivity index (χ1v) is 3.70. The van der Waals surface area contributed by atoms with Crippen LogP contribution < -0.4 is 0 Å². The van der Waals surface area contributed by atoms with E-state index in [1.54, 1.807) is 12.1 Å². The highest BCUT2D eigenvalue weighted by atomic mass is 16.3. The largest absolute Gasteiger partial charge is 0.508 e. The summed E-state index contributed by atoms with van der Waals surface area (Å²) in [5.74, 6) is 0.296. The van der Waals surface area contributed by atoms with Gasteiger partial charge in [-0.2, -0.15) is 4.99 Å². The van der Waals surface area contributed by atoms with Crippen LogP contribution in [0.15, 0.2) is 23.2 Å². The molecule has 0 heterocycles. The van der Waals surface area contributed by atoms with E-state index in [9.17, 15) is 9.90 Å². The predicted octanol–water partition coefficient (Wildman–Crippen LogP) is 1.33. The smallest absolute Gasteiger partial charge is 0.235 e. The van der Waals surface area contributed by atoms with Crippen LogP contribution in [0, 0.1) is 0 Å². The molecule has 0 saturated carbocycles. The Labute approximate surface area is 69.4 Å². The number of rotatable bonds is 1. The summed E-state index contributed by atoms with van der Waals surface area (Å²) in [6.45, 7) is 0. The van der Waals surface area contributed by atoms with E-state index in [4.69, 9.17) is 0 Å². The van der Waals surface area contributed by atoms with Crippen molar-refractivity contribution in [3.8, 4) is 5.75 Å². The van der Waals surface area contributed by atoms with Gasteiger partial charge in [0.05, 0.1) is 6.04 Å². The monoisotopic (exact) mass is 161 g/mol. The molecule has 3 heteroatoms. The Morgan fingerprint density at radius 2 is 2.42 bits per heavy atom. The number of hydrogen-bond donors (Lipinski definition) is 1. The second kappa shape index (κ2) is 2.47. The maximum atomic E-state index is 9.95. The lowest BCUT2D eigenvalue weighted by Gasteiger charge is -2.25. The molecule has 3 nitrogen and oxygen atoms in total. The van der Waals surface area contributed by atoms with Crippen LogP contribution in [-0.2, 0) is 11.2 Å². The number of phenolic OH excluding ortho intramolecular Hbond substituents is 1. The van der Waals surface area contributed by atoms with Crippen molar-refractivity contribution >= 4 is 6.08 Å². The van der Waals surface area contributed by atoms with Gasteiger partial charge in [-0.25, -0.2) is 4.79 Å². The van der Waals surface area contributed by atoms with E-state index < -0.39 is 0 Å². The van der Waals surface area contributed by atoms with Crippen molar-refractivity contribution in [2.24, 2.45) is 4.99 Å². The minimum atomic E-state index is -0.0791. The molecule has 60 valence electrons. The average Bonchev–Trinajstić information content (AvgIpc) is 2.04. The molecule has 0 saturated heterocycles. The second-order valence-electron chi connectivity index (χ2n) is 2.79. The van der Waals surface area contributed by atoms with Crippen LogP contribution in [0.1, 0.15) is 17.2 Å². The third-order valence-corrected chi connectivity index (χ3v) is 2.15. The summed E-state index contributed by atoms with van der Waals surface area (Å²) in [7, 11) is 0. The molecule has 0 aromatic heterocycles. The predicted molar refractivity (Wildman–Crippen MR) is 42.7 cm³/mol. The number of aromatic hydroxyl groups is 1. The van der Waals surface area contributed by atoms with Crippen LogP contribution in [0.5, 0.6) is 5.75 Å². The maximum absolute atomic E-state index is 9.95. The minimum absolute atomic E-state index is 0.0791. The third-order valence-electron chi connectivity index (χ3n) is 2.15. The summed E-state index contributed by atoms with van der Waals surface area (Å²) in [6.07, 6.45) is 2.17. The van der Waals surface area contributed by atoms with Gasteiger partial charge >= 0.3 is 0 Å². The Bertz CT molecular complexity index is 367. The molecular weight excluding hydrogens is 154 g/mol. The topological polar surface area (TPSA) is 49.7 Å². The number of isocyanates is 1. The van der Waals surface area contributed by atoms with Crippen molar-refractivity contribution in [3.63, 3.8) is 0 Å². The van der Waals surface area contributed by atoms with Crippen molar-refractivity contribution < 1.29 is 9.90 Å². The van der Waals surface area contributed by atoms with Crippen molar-refractivity contribution in [3.05, 3.63) is 29.3 Å². The Morgan fingerprint density at radius 3 is 3.17 bits per heavy atom. The number of fused-ring (bicyclic) bond motifs is 1. The fourth-order valence-corrected chi connectivity index (χ4v) is 1.48. The van der Waals surface area contributed by atoms with Gasteiger partial charge in [-0.1, -0.05) is 12.1 Å². The number of nitrogens with zero attached hydrogens (tertiary/aromatic N) is 1. The zero-order chi connectivity index (χ0) is 8.55. The normalized spacial score (nSPS) is 18.8. The SMILES string of the molecule is O=C=NC1Cc2c(O)cccc21. The van der Waals surface area contributed by atoms with Gasteiger partial charge in [0.2, 0.25) is 6.08 Å². The van der Waals surface area contributed by atoms with E-state index in [0.29, 0.717) is 12.2 Å². The molecule has 1 aliphatic rings. The van der Waals surface area contributed by atoms with Gasteiger partial charge in [0.25, 0.3) is 0 Å². The summed E-state index contributed by atoms with van der Waals surface area (Å²) < 4.78 is 0. The number of benzene rings is 1. The van der Waals surface area contributed by atoms with Crippen LogP contribution in [0.2, 0.25) is 0 Å². The van der Waals surface area contributed by atoms with Crippen LogP contribution >= 0.6 is 0 Å². The first-order valence-electron chi connectivity index (χ1n) is 3.70. The molecule has 1 atom stereocenters. The molecule has 12 heavy (non-hydrogen) atoms. The molecule has 2 rings (SSSR count). The lowest BCUT2D eigenvalue weighted by atomic mass is 9.83. The third kappa shape index (κ3) is 0.840. The standard InChI is InChI=1S/C9H7NO2/c11-5-10-8-4-7-6(8)2-1-3-9(7)12/h1-3,8,12H,4H2. The molecule has 0 radical (unpaired) electrons. The average molecular weight is 161 g/mol. The summed E-state index contributed by atoms with van der Waals surface area (Å²) in [5, 5.41) is 9.30. The molecule has 0 fully saturated rings. The van der Waals surface area contributed by atoms with Gasteiger partial charge < -0.3 is 5.11 Å². The minimum Gasteiger partial charge on any atom is -0.508 e. The molecule has 0 bridgehead atoms.